The van der Waals surface area contributed by atoms with Gasteiger partial charge in [-0.3, -0.25) is 10.1 Å². The molecular weight excluding hydrogens is 341 g/mol. The van der Waals surface area contributed by atoms with E-state index < -0.39 is 28.1 Å². The lowest BCUT2D eigenvalue weighted by atomic mass is 10.1. The number of nitrogens with two attached hydrogens (primary N) is 1. The van der Waals surface area contributed by atoms with Crippen LogP contribution in [-0.4, -0.2) is 16.6 Å². The van der Waals surface area contributed by atoms with Crippen LogP contribution in [0.25, 0.3) is 0 Å². The number of halogens is 3. The Morgan fingerprint density at radius 3 is 2.40 bits per heavy atom. The predicted molar refractivity (Wildman–Crippen MR) is 83.7 cm³/mol. The molecule has 0 amide bonds. The molecule has 2 rings (SSSR count). The van der Waals surface area contributed by atoms with Gasteiger partial charge in [-0.2, -0.15) is 13.2 Å². The van der Waals surface area contributed by atoms with Gasteiger partial charge in [0.05, 0.1) is 10.5 Å². The van der Waals surface area contributed by atoms with Crippen molar-refractivity contribution in [2.24, 2.45) is 5.73 Å². The number of nitrogens with zero attached hydrogens (tertiary/aromatic N) is 1. The summed E-state index contributed by atoms with van der Waals surface area (Å²) in [5.74, 6) is -0.772. The van der Waals surface area contributed by atoms with Crippen molar-refractivity contribution in [3.63, 3.8) is 0 Å². The molecule has 0 aliphatic rings. The highest BCUT2D eigenvalue weighted by Crippen LogP contribution is 2.39. The Morgan fingerprint density at radius 2 is 1.84 bits per heavy atom. The van der Waals surface area contributed by atoms with Crippen molar-refractivity contribution in [2.45, 2.75) is 19.0 Å². The van der Waals surface area contributed by atoms with E-state index in [1.54, 1.807) is 6.07 Å². The number of phenols is 1. The Balaban J connectivity index is 2.32. The molecule has 6 nitrogen and oxygen atoms in total. The standard InChI is InChI=1S/C16H15F3N2O4/c17-16(18,19)11-4-6-14(12(9-11)21(23)24)25-15-5-3-10(2-1-7-20)8-13(15)22/h3-6,8-9,22H,1-2,7,20H2. The molecule has 2 aromatic rings. The highest BCUT2D eigenvalue weighted by molar-refractivity contribution is 5.53. The third kappa shape index (κ3) is 4.60. The van der Waals surface area contributed by atoms with Crippen molar-refractivity contribution in [2.75, 3.05) is 6.54 Å². The molecule has 2 aromatic carbocycles. The van der Waals surface area contributed by atoms with E-state index in [1.165, 1.54) is 12.1 Å². The van der Waals surface area contributed by atoms with Gasteiger partial charge in [0.2, 0.25) is 5.75 Å². The number of benzene rings is 2. The molecule has 0 radical (unpaired) electrons. The zero-order valence-electron chi connectivity index (χ0n) is 12.9. The summed E-state index contributed by atoms with van der Waals surface area (Å²) >= 11 is 0. The van der Waals surface area contributed by atoms with Crippen LogP contribution in [0, 0.1) is 10.1 Å². The van der Waals surface area contributed by atoms with Crippen molar-refractivity contribution >= 4 is 5.69 Å². The van der Waals surface area contributed by atoms with Crippen LogP contribution in [0.2, 0.25) is 0 Å². The van der Waals surface area contributed by atoms with E-state index in [0.29, 0.717) is 31.5 Å². The number of nitro benzene ring substituents is 1. The van der Waals surface area contributed by atoms with Crippen LogP contribution in [0.4, 0.5) is 18.9 Å². The molecule has 0 heterocycles. The molecule has 0 aliphatic heterocycles. The van der Waals surface area contributed by atoms with Gasteiger partial charge in [0.15, 0.2) is 11.5 Å². The van der Waals surface area contributed by atoms with Gasteiger partial charge in [0.25, 0.3) is 0 Å². The summed E-state index contributed by atoms with van der Waals surface area (Å²) in [5.41, 5.74) is 4.19. The fraction of sp³-hybridized carbons (Fsp3) is 0.250. The molecule has 0 atom stereocenters. The SMILES string of the molecule is NCCCc1ccc(Oc2ccc(C(F)(F)F)cc2[N+](=O)[O-])c(O)c1. The van der Waals surface area contributed by atoms with Gasteiger partial charge in [-0.05, 0) is 49.2 Å². The smallest absolute Gasteiger partial charge is 0.416 e. The van der Waals surface area contributed by atoms with Crippen LogP contribution in [-0.2, 0) is 12.6 Å². The minimum Gasteiger partial charge on any atom is -0.504 e. The lowest BCUT2D eigenvalue weighted by Gasteiger charge is -2.11. The summed E-state index contributed by atoms with van der Waals surface area (Å²) in [6.45, 7) is 0.483. The van der Waals surface area contributed by atoms with E-state index in [0.717, 1.165) is 11.6 Å². The maximum Gasteiger partial charge on any atom is 0.416 e. The Kier molecular flexibility index (Phi) is 5.48. The molecule has 0 fully saturated rings. The second-order valence-corrected chi connectivity index (χ2v) is 5.23. The summed E-state index contributed by atoms with van der Waals surface area (Å²) < 4.78 is 43.3. The fourth-order valence-corrected chi connectivity index (χ4v) is 2.15. The first-order chi connectivity index (χ1) is 11.7. The Labute approximate surface area is 140 Å². The summed E-state index contributed by atoms with van der Waals surface area (Å²) in [7, 11) is 0. The average molecular weight is 356 g/mol. The number of hydrogen-bond acceptors (Lipinski definition) is 5. The van der Waals surface area contributed by atoms with Crippen molar-refractivity contribution in [1.29, 1.82) is 0 Å². The zero-order chi connectivity index (χ0) is 18.6. The molecule has 3 N–H and O–H groups in total. The lowest BCUT2D eigenvalue weighted by molar-refractivity contribution is -0.385. The quantitative estimate of drug-likeness (QED) is 0.602. The maximum atomic E-state index is 12.7. The molecule has 25 heavy (non-hydrogen) atoms. The number of hydrogen-bond donors (Lipinski definition) is 2. The summed E-state index contributed by atoms with van der Waals surface area (Å²) in [6, 6.07) is 6.36. The topological polar surface area (TPSA) is 98.6 Å². The van der Waals surface area contributed by atoms with E-state index in [9.17, 15) is 28.4 Å². The van der Waals surface area contributed by atoms with Crippen LogP contribution >= 0.6 is 0 Å². The van der Waals surface area contributed by atoms with Crippen LogP contribution < -0.4 is 10.5 Å². The summed E-state index contributed by atoms with van der Waals surface area (Å²) in [4.78, 5) is 10.1. The van der Waals surface area contributed by atoms with Crippen LogP contribution in [0.15, 0.2) is 36.4 Å². The number of rotatable bonds is 6. The molecule has 0 aliphatic carbocycles. The normalized spacial score (nSPS) is 11.4. The van der Waals surface area contributed by atoms with Gasteiger partial charge in [-0.25, -0.2) is 0 Å². The maximum absolute atomic E-state index is 12.7. The molecular formula is C16H15F3N2O4. The molecule has 134 valence electrons. The molecule has 0 aromatic heterocycles. The monoisotopic (exact) mass is 356 g/mol. The number of aromatic hydroxyl groups is 1. The molecule has 0 unspecified atom stereocenters. The van der Waals surface area contributed by atoms with E-state index in [1.807, 2.05) is 0 Å². The lowest BCUT2D eigenvalue weighted by Crippen LogP contribution is -2.06. The molecule has 0 saturated heterocycles. The van der Waals surface area contributed by atoms with Gasteiger partial charge >= 0.3 is 11.9 Å². The van der Waals surface area contributed by atoms with E-state index >= 15 is 0 Å². The predicted octanol–water partition coefficient (Wildman–Crippen LogP) is 4.00. The number of nitro groups is 1. The first kappa shape index (κ1) is 18.5. The van der Waals surface area contributed by atoms with Gasteiger partial charge in [0, 0.05) is 6.07 Å². The summed E-state index contributed by atoms with van der Waals surface area (Å²) in [5, 5.41) is 21.0. The second-order valence-electron chi connectivity index (χ2n) is 5.23. The fourth-order valence-electron chi connectivity index (χ4n) is 2.15. The number of alkyl halides is 3. The third-order valence-corrected chi connectivity index (χ3v) is 3.40. The molecule has 0 saturated carbocycles. The molecule has 9 heteroatoms. The third-order valence-electron chi connectivity index (χ3n) is 3.40. The largest absolute Gasteiger partial charge is 0.504 e. The van der Waals surface area contributed by atoms with Gasteiger partial charge < -0.3 is 15.6 Å². The number of ether oxygens (including phenoxy) is 1. The Hall–Kier alpha value is -2.81. The first-order valence-electron chi connectivity index (χ1n) is 7.28. The minimum absolute atomic E-state index is 0.0978. The minimum atomic E-state index is -4.71. The highest BCUT2D eigenvalue weighted by Gasteiger charge is 2.33. The average Bonchev–Trinajstić information content (AvgIpc) is 2.54. The first-order valence-corrected chi connectivity index (χ1v) is 7.28. The van der Waals surface area contributed by atoms with Crippen LogP contribution in [0.5, 0.6) is 17.2 Å². The van der Waals surface area contributed by atoms with Gasteiger partial charge in [-0.15, -0.1) is 0 Å². The highest BCUT2D eigenvalue weighted by atomic mass is 19.4. The Bertz CT molecular complexity index is 778. The van der Waals surface area contributed by atoms with Crippen molar-refractivity contribution in [3.8, 4) is 17.2 Å². The molecule has 0 spiro atoms. The van der Waals surface area contributed by atoms with Crippen molar-refractivity contribution < 1.29 is 27.9 Å². The zero-order valence-corrected chi connectivity index (χ0v) is 12.9. The van der Waals surface area contributed by atoms with E-state index in [4.69, 9.17) is 10.5 Å². The molecule has 0 bridgehead atoms. The number of phenolic OH excluding ortho intramolecular Hbond substituents is 1. The van der Waals surface area contributed by atoms with Crippen molar-refractivity contribution in [1.82, 2.24) is 0 Å². The van der Waals surface area contributed by atoms with Gasteiger partial charge in [-0.1, -0.05) is 6.07 Å². The Morgan fingerprint density at radius 1 is 1.16 bits per heavy atom. The van der Waals surface area contributed by atoms with E-state index in [-0.39, 0.29) is 11.5 Å². The van der Waals surface area contributed by atoms with Gasteiger partial charge in [0.1, 0.15) is 0 Å². The summed E-state index contributed by atoms with van der Waals surface area (Å²) in [6.07, 6.45) is -3.37. The number of aryl methyl sites for hydroxylation is 1. The second kappa shape index (κ2) is 7.39. The van der Waals surface area contributed by atoms with Crippen LogP contribution in [0.3, 0.4) is 0 Å². The van der Waals surface area contributed by atoms with Crippen molar-refractivity contribution in [3.05, 3.63) is 57.6 Å². The van der Waals surface area contributed by atoms with E-state index in [2.05, 4.69) is 0 Å². The van der Waals surface area contributed by atoms with Crippen LogP contribution in [0.1, 0.15) is 17.5 Å².